The van der Waals surface area contributed by atoms with E-state index in [-0.39, 0.29) is 0 Å². The maximum atomic E-state index is 5.49. The predicted molar refractivity (Wildman–Crippen MR) is 92.2 cm³/mol. The van der Waals surface area contributed by atoms with Crippen molar-refractivity contribution < 1.29 is 4.74 Å². The molecule has 0 aromatic rings. The smallest absolute Gasteiger partial charge is 0.0593 e. The normalized spacial score (nSPS) is 37.4. The second-order valence-electron chi connectivity index (χ2n) is 8.32. The van der Waals surface area contributed by atoms with Gasteiger partial charge in [-0.1, -0.05) is 19.8 Å². The highest BCUT2D eigenvalue weighted by Crippen LogP contribution is 2.51. The van der Waals surface area contributed by atoms with Gasteiger partial charge in [0.15, 0.2) is 0 Å². The zero-order valence-electron chi connectivity index (χ0n) is 14.9. The van der Waals surface area contributed by atoms with Crippen LogP contribution in [0.5, 0.6) is 0 Å². The lowest BCUT2D eigenvalue weighted by atomic mass is 9.59. The molecular formula is C19H36N2O. The van der Waals surface area contributed by atoms with Crippen molar-refractivity contribution in [1.29, 1.82) is 0 Å². The standard InChI is InChI=1S/C19H36N2O/c1-3-22-12-11-20-7-9-21(10-8-20)16-19-6-4-5-18(15-19)13-17(2)14-19/h17-18H,3-16H2,1-2H3. The fourth-order valence-corrected chi connectivity index (χ4v) is 5.55. The van der Waals surface area contributed by atoms with Crippen molar-refractivity contribution in [2.24, 2.45) is 17.3 Å². The maximum Gasteiger partial charge on any atom is 0.0593 e. The van der Waals surface area contributed by atoms with Crippen LogP contribution < -0.4 is 0 Å². The third kappa shape index (κ3) is 4.24. The fraction of sp³-hybridized carbons (Fsp3) is 1.00. The van der Waals surface area contributed by atoms with E-state index in [9.17, 15) is 0 Å². The summed E-state index contributed by atoms with van der Waals surface area (Å²) in [7, 11) is 0. The quantitative estimate of drug-likeness (QED) is 0.701. The molecule has 3 heteroatoms. The third-order valence-corrected chi connectivity index (χ3v) is 6.34. The molecule has 2 saturated carbocycles. The molecule has 128 valence electrons. The van der Waals surface area contributed by atoms with Gasteiger partial charge in [-0.2, -0.15) is 0 Å². The van der Waals surface area contributed by atoms with Gasteiger partial charge in [0.05, 0.1) is 6.61 Å². The van der Waals surface area contributed by atoms with Gasteiger partial charge in [-0.25, -0.2) is 0 Å². The lowest BCUT2D eigenvalue weighted by Gasteiger charge is -2.50. The molecule has 1 aliphatic heterocycles. The van der Waals surface area contributed by atoms with Gasteiger partial charge in [0, 0.05) is 45.9 Å². The summed E-state index contributed by atoms with van der Waals surface area (Å²) in [5.41, 5.74) is 0.675. The van der Waals surface area contributed by atoms with E-state index in [1.54, 1.807) is 0 Å². The second kappa shape index (κ2) is 7.63. The van der Waals surface area contributed by atoms with E-state index in [2.05, 4.69) is 23.6 Å². The van der Waals surface area contributed by atoms with Crippen LogP contribution in [-0.2, 0) is 4.74 Å². The van der Waals surface area contributed by atoms with E-state index in [4.69, 9.17) is 4.74 Å². The Bertz CT molecular complexity index is 336. The summed E-state index contributed by atoms with van der Waals surface area (Å²) < 4.78 is 5.49. The van der Waals surface area contributed by atoms with E-state index in [0.717, 1.165) is 31.6 Å². The highest BCUT2D eigenvalue weighted by atomic mass is 16.5. The molecule has 3 unspecified atom stereocenters. The molecule has 2 bridgehead atoms. The lowest BCUT2D eigenvalue weighted by molar-refractivity contribution is -0.00388. The van der Waals surface area contributed by atoms with Gasteiger partial charge in [0.2, 0.25) is 0 Å². The van der Waals surface area contributed by atoms with Crippen molar-refractivity contribution >= 4 is 0 Å². The molecule has 3 aliphatic rings. The van der Waals surface area contributed by atoms with E-state index in [1.165, 1.54) is 71.2 Å². The number of piperazine rings is 1. The van der Waals surface area contributed by atoms with Crippen LogP contribution in [0.2, 0.25) is 0 Å². The number of hydrogen-bond donors (Lipinski definition) is 0. The summed E-state index contributed by atoms with van der Waals surface area (Å²) in [4.78, 5) is 5.36. The van der Waals surface area contributed by atoms with Gasteiger partial charge in [-0.15, -0.1) is 0 Å². The molecule has 0 amide bonds. The SMILES string of the molecule is CCOCCN1CCN(CC23CCCC(CC(C)C2)C3)CC1. The van der Waals surface area contributed by atoms with Crippen LogP contribution in [0.15, 0.2) is 0 Å². The molecule has 0 N–H and O–H groups in total. The first-order valence-electron chi connectivity index (χ1n) is 9.71. The van der Waals surface area contributed by atoms with Crippen molar-refractivity contribution in [2.75, 3.05) is 52.5 Å². The summed E-state index contributed by atoms with van der Waals surface area (Å²) in [5, 5.41) is 0. The summed E-state index contributed by atoms with van der Waals surface area (Å²) in [5.74, 6) is 2.01. The molecule has 3 nitrogen and oxygen atoms in total. The van der Waals surface area contributed by atoms with Crippen molar-refractivity contribution in [3.63, 3.8) is 0 Å². The number of fused-ring (bicyclic) bond motifs is 2. The van der Waals surface area contributed by atoms with Gasteiger partial charge >= 0.3 is 0 Å². The molecule has 3 rings (SSSR count). The minimum atomic E-state index is 0.675. The summed E-state index contributed by atoms with van der Waals surface area (Å²) in [6.45, 7) is 13.8. The monoisotopic (exact) mass is 308 g/mol. The van der Waals surface area contributed by atoms with Crippen LogP contribution >= 0.6 is 0 Å². The highest BCUT2D eigenvalue weighted by molar-refractivity contribution is 4.95. The van der Waals surface area contributed by atoms with Crippen molar-refractivity contribution in [3.05, 3.63) is 0 Å². The lowest BCUT2D eigenvalue weighted by Crippen LogP contribution is -2.52. The van der Waals surface area contributed by atoms with E-state index in [1.807, 2.05) is 0 Å². The van der Waals surface area contributed by atoms with Gasteiger partial charge in [-0.3, -0.25) is 4.90 Å². The van der Waals surface area contributed by atoms with Gasteiger partial charge in [0.1, 0.15) is 0 Å². The van der Waals surface area contributed by atoms with Crippen LogP contribution in [0.4, 0.5) is 0 Å². The number of nitrogens with zero attached hydrogens (tertiary/aromatic N) is 2. The summed E-state index contributed by atoms with van der Waals surface area (Å²) in [6.07, 6.45) is 9.03. The largest absolute Gasteiger partial charge is 0.380 e. The van der Waals surface area contributed by atoms with Gasteiger partial charge in [-0.05, 0) is 49.9 Å². The molecule has 3 fully saturated rings. The zero-order valence-corrected chi connectivity index (χ0v) is 14.9. The molecule has 3 atom stereocenters. The van der Waals surface area contributed by atoms with Crippen molar-refractivity contribution in [2.45, 2.75) is 52.4 Å². The number of rotatable bonds is 6. The minimum absolute atomic E-state index is 0.675. The van der Waals surface area contributed by atoms with Crippen molar-refractivity contribution in [1.82, 2.24) is 9.80 Å². The molecule has 1 heterocycles. The fourth-order valence-electron chi connectivity index (χ4n) is 5.55. The molecule has 0 aromatic carbocycles. The Morgan fingerprint density at radius 3 is 2.64 bits per heavy atom. The average molecular weight is 309 g/mol. The Hall–Kier alpha value is -0.120. The summed E-state index contributed by atoms with van der Waals surface area (Å²) >= 11 is 0. The topological polar surface area (TPSA) is 15.7 Å². The molecule has 1 saturated heterocycles. The van der Waals surface area contributed by atoms with Gasteiger partial charge in [0.25, 0.3) is 0 Å². The zero-order chi connectivity index (χ0) is 15.4. The van der Waals surface area contributed by atoms with E-state index < -0.39 is 0 Å². The van der Waals surface area contributed by atoms with Crippen molar-refractivity contribution in [3.8, 4) is 0 Å². The van der Waals surface area contributed by atoms with Crippen LogP contribution in [0.25, 0.3) is 0 Å². The minimum Gasteiger partial charge on any atom is -0.380 e. The Morgan fingerprint density at radius 2 is 1.86 bits per heavy atom. The molecule has 0 radical (unpaired) electrons. The van der Waals surface area contributed by atoms with Gasteiger partial charge < -0.3 is 9.64 Å². The van der Waals surface area contributed by atoms with Crippen LogP contribution in [0, 0.1) is 17.3 Å². The molecular weight excluding hydrogens is 272 g/mol. The maximum absolute atomic E-state index is 5.49. The predicted octanol–water partition coefficient (Wildman–Crippen LogP) is 3.25. The number of hydrogen-bond acceptors (Lipinski definition) is 3. The Morgan fingerprint density at radius 1 is 1.09 bits per heavy atom. The van der Waals surface area contributed by atoms with Crippen LogP contribution in [0.1, 0.15) is 52.4 Å². The van der Waals surface area contributed by atoms with Crippen LogP contribution in [-0.4, -0.2) is 62.3 Å². The second-order valence-corrected chi connectivity index (χ2v) is 8.32. The molecule has 2 aliphatic carbocycles. The van der Waals surface area contributed by atoms with Crippen LogP contribution in [0.3, 0.4) is 0 Å². The molecule has 0 spiro atoms. The number of ether oxygens (including phenoxy) is 1. The third-order valence-electron chi connectivity index (χ3n) is 6.34. The first-order chi connectivity index (χ1) is 10.7. The molecule has 0 aromatic heterocycles. The Kier molecular flexibility index (Phi) is 5.80. The summed E-state index contributed by atoms with van der Waals surface area (Å²) in [6, 6.07) is 0. The van der Waals surface area contributed by atoms with E-state index in [0.29, 0.717) is 5.41 Å². The first kappa shape index (κ1) is 16.7. The molecule has 22 heavy (non-hydrogen) atoms. The first-order valence-corrected chi connectivity index (χ1v) is 9.71. The average Bonchev–Trinajstić information content (AvgIpc) is 2.48. The Balaban J connectivity index is 1.45. The Labute approximate surface area is 137 Å². The van der Waals surface area contributed by atoms with E-state index >= 15 is 0 Å². The highest BCUT2D eigenvalue weighted by Gasteiger charge is 2.42.